The van der Waals surface area contributed by atoms with Crippen LogP contribution in [-0.2, 0) is 32.9 Å². The Labute approximate surface area is 293 Å². The van der Waals surface area contributed by atoms with Crippen molar-refractivity contribution in [3.05, 3.63) is 0 Å². The molecule has 3 fully saturated rings. The minimum Gasteiger partial charge on any atom is -0.394 e. The molecular weight excluding hydrogens is 721 g/mol. The summed E-state index contributed by atoms with van der Waals surface area (Å²) in [7, 11) is -27.6. The van der Waals surface area contributed by atoms with Gasteiger partial charge in [-0.25, -0.2) is 0 Å². The van der Waals surface area contributed by atoms with Crippen LogP contribution in [0, 0.1) is 41.4 Å². The van der Waals surface area contributed by atoms with Crippen LogP contribution < -0.4 is 0 Å². The summed E-state index contributed by atoms with van der Waals surface area (Å²) in [5.74, 6) is 0.440. The standard InChI is InChI=1S/C29H68O11Si7/c1-23(2)15-41-22-42(16-24(3)4)35-46(20-28(11)12,37-43(30,33-41)17-25(5)6)39-45(32,19-27(9)10)40-47(36-42,21-29(13)14)38-44(31,34-41)18-26(7)8/h23-32H,15-22H2,1-14H3. The van der Waals surface area contributed by atoms with Crippen molar-refractivity contribution in [2.45, 2.75) is 145 Å². The van der Waals surface area contributed by atoms with Gasteiger partial charge in [0, 0.05) is 35.9 Å². The molecule has 0 radical (unpaired) electrons. The predicted octanol–water partition coefficient (Wildman–Crippen LogP) is 6.85. The van der Waals surface area contributed by atoms with E-state index in [9.17, 15) is 14.4 Å². The van der Waals surface area contributed by atoms with Gasteiger partial charge in [-0.2, -0.15) is 0 Å². The SMILES string of the molecule is CC(C)C[Si]1(O)O[Si]2(CC(C)C)C[Si]3(CC(C)C)O[Si](CC(C)C)(O1)O[Si](O)(CC(C)C)O[Si](CC(C)C)(O[Si](O)(CC(C)C)O2)O3. The maximum Gasteiger partial charge on any atom is 0.483 e. The highest BCUT2D eigenvalue weighted by atomic mass is 28.6. The molecule has 0 aromatic heterocycles. The molecule has 3 rings (SSSR count). The average Bonchev–Trinajstić information content (AvgIpc) is 2.70. The van der Waals surface area contributed by atoms with Crippen LogP contribution in [0.5, 0.6) is 0 Å². The molecule has 3 aliphatic heterocycles. The second kappa shape index (κ2) is 15.6. The minimum absolute atomic E-state index is 0.00162. The quantitative estimate of drug-likeness (QED) is 0.160. The molecule has 3 aliphatic rings. The predicted molar refractivity (Wildman–Crippen MR) is 198 cm³/mol. The lowest BCUT2D eigenvalue weighted by molar-refractivity contribution is 0.0487. The molecule has 0 aromatic rings. The molecule has 4 atom stereocenters. The lowest BCUT2D eigenvalue weighted by Gasteiger charge is -2.58. The first-order valence-electron chi connectivity index (χ1n) is 18.1. The summed E-state index contributed by atoms with van der Waals surface area (Å²) in [5, 5.41) is 0. The van der Waals surface area contributed by atoms with Gasteiger partial charge >= 0.3 is 61.1 Å². The van der Waals surface area contributed by atoms with E-state index >= 15 is 0 Å². The summed E-state index contributed by atoms with van der Waals surface area (Å²) in [6.07, 6.45) is 0. The van der Waals surface area contributed by atoms with Crippen LogP contribution >= 0.6 is 0 Å². The highest BCUT2D eigenvalue weighted by Crippen LogP contribution is 2.51. The fourth-order valence-electron chi connectivity index (χ4n) is 7.51. The molecule has 3 N–H and O–H groups in total. The largest absolute Gasteiger partial charge is 0.483 e. The topological polar surface area (TPSA) is 135 Å². The van der Waals surface area contributed by atoms with E-state index in [4.69, 9.17) is 32.9 Å². The molecule has 0 spiro atoms. The van der Waals surface area contributed by atoms with Gasteiger partial charge in [-0.05, 0) is 53.5 Å². The van der Waals surface area contributed by atoms with Crippen LogP contribution in [-0.4, -0.2) is 75.5 Å². The van der Waals surface area contributed by atoms with E-state index < -0.39 is 61.1 Å². The van der Waals surface area contributed by atoms with Crippen molar-refractivity contribution in [1.29, 1.82) is 0 Å². The molecule has 3 heterocycles. The molecular formula is C29H68O11Si7. The molecule has 47 heavy (non-hydrogen) atoms. The van der Waals surface area contributed by atoms with E-state index in [0.29, 0.717) is 29.8 Å². The van der Waals surface area contributed by atoms with Gasteiger partial charge in [-0.3, -0.25) is 0 Å². The molecule has 0 saturated carbocycles. The molecule has 11 nitrogen and oxygen atoms in total. The summed E-state index contributed by atoms with van der Waals surface area (Å²) in [4.78, 5) is 38.1. The van der Waals surface area contributed by atoms with Crippen LogP contribution in [0.3, 0.4) is 0 Å². The highest BCUT2D eigenvalue weighted by molar-refractivity contribution is 7.02. The summed E-state index contributed by atoms with van der Waals surface area (Å²) >= 11 is 0. The van der Waals surface area contributed by atoms with Gasteiger partial charge in [-0.15, -0.1) is 0 Å². The van der Waals surface area contributed by atoms with E-state index in [1.165, 1.54) is 0 Å². The second-order valence-corrected chi connectivity index (χ2v) is 39.0. The maximum absolute atomic E-state index is 12.7. The second-order valence-electron chi connectivity index (χ2n) is 17.5. The lowest BCUT2D eigenvalue weighted by atomic mass is 10.3. The molecule has 0 amide bonds. The fourth-order valence-corrected chi connectivity index (χ4v) is 51.5. The Hall–Kier alpha value is 1.08. The number of fused-ring (bicyclic) bond motifs is 3. The van der Waals surface area contributed by atoms with Crippen LogP contribution in [0.1, 0.15) is 96.9 Å². The fraction of sp³-hybridized carbons (Fsp3) is 1.00. The normalized spacial score (nSPS) is 40.1. The molecule has 18 heteroatoms. The maximum atomic E-state index is 12.7. The minimum atomic E-state index is -4.22. The number of hydrogen-bond acceptors (Lipinski definition) is 11. The van der Waals surface area contributed by atoms with Crippen molar-refractivity contribution in [2.75, 3.05) is 0 Å². The van der Waals surface area contributed by atoms with Crippen LogP contribution in [0.4, 0.5) is 0 Å². The Bertz CT molecular complexity index is 896. The molecule has 3 saturated heterocycles. The van der Waals surface area contributed by atoms with Gasteiger partial charge < -0.3 is 47.3 Å². The summed E-state index contributed by atoms with van der Waals surface area (Å²) in [6.45, 7) is 28.9. The Kier molecular flexibility index (Phi) is 14.1. The molecule has 0 aliphatic carbocycles. The third kappa shape index (κ3) is 11.8. The van der Waals surface area contributed by atoms with Crippen LogP contribution in [0.15, 0.2) is 0 Å². The van der Waals surface area contributed by atoms with Crippen molar-refractivity contribution in [3.63, 3.8) is 0 Å². The first-order chi connectivity index (χ1) is 21.3. The van der Waals surface area contributed by atoms with Gasteiger partial charge in [0.1, 0.15) is 0 Å². The zero-order valence-electron chi connectivity index (χ0n) is 31.8. The van der Waals surface area contributed by atoms with Gasteiger partial charge in [-0.1, -0.05) is 96.9 Å². The Balaban J connectivity index is 2.51. The Morgan fingerprint density at radius 2 is 0.574 bits per heavy atom. The van der Waals surface area contributed by atoms with Crippen molar-refractivity contribution < 1.29 is 47.3 Å². The van der Waals surface area contributed by atoms with E-state index in [-0.39, 0.29) is 59.6 Å². The first-order valence-corrected chi connectivity index (χ1v) is 32.3. The third-order valence-electron chi connectivity index (χ3n) is 7.93. The van der Waals surface area contributed by atoms with E-state index in [1.54, 1.807) is 0 Å². The monoisotopic (exact) mass is 788 g/mol. The van der Waals surface area contributed by atoms with E-state index in [1.807, 2.05) is 41.5 Å². The van der Waals surface area contributed by atoms with Gasteiger partial charge in [0.25, 0.3) is 0 Å². The summed E-state index contributed by atoms with van der Waals surface area (Å²) in [6, 6.07) is 2.53. The van der Waals surface area contributed by atoms with Gasteiger partial charge in [0.2, 0.25) is 0 Å². The highest BCUT2D eigenvalue weighted by Gasteiger charge is 2.75. The van der Waals surface area contributed by atoms with E-state index in [0.717, 1.165) is 0 Å². The smallest absolute Gasteiger partial charge is 0.394 e. The average molecular weight is 789 g/mol. The first kappa shape index (κ1) is 42.5. The van der Waals surface area contributed by atoms with Crippen molar-refractivity contribution in [1.82, 2.24) is 0 Å². The number of hydrogen-bond donors (Lipinski definition) is 3. The molecule has 4 bridgehead atoms. The Morgan fingerprint density at radius 1 is 0.340 bits per heavy atom. The third-order valence-corrected chi connectivity index (χ3v) is 42.8. The molecule has 4 unspecified atom stereocenters. The van der Waals surface area contributed by atoms with Gasteiger partial charge in [0.15, 0.2) is 0 Å². The van der Waals surface area contributed by atoms with Gasteiger partial charge in [0.05, 0.1) is 0 Å². The van der Waals surface area contributed by atoms with Crippen LogP contribution in [0.25, 0.3) is 0 Å². The zero-order chi connectivity index (χ0) is 35.9. The van der Waals surface area contributed by atoms with Crippen molar-refractivity contribution in [3.8, 4) is 0 Å². The summed E-state index contributed by atoms with van der Waals surface area (Å²) < 4.78 is 57.4. The molecule has 0 aromatic carbocycles. The van der Waals surface area contributed by atoms with Crippen molar-refractivity contribution >= 4 is 61.1 Å². The van der Waals surface area contributed by atoms with Crippen molar-refractivity contribution in [2.24, 2.45) is 41.4 Å². The van der Waals surface area contributed by atoms with Crippen LogP contribution in [0.2, 0.25) is 48.0 Å². The number of rotatable bonds is 14. The Morgan fingerprint density at radius 3 is 0.830 bits per heavy atom. The zero-order valence-corrected chi connectivity index (χ0v) is 38.8. The summed E-state index contributed by atoms with van der Waals surface area (Å²) in [5.41, 5.74) is 0.334. The lowest BCUT2D eigenvalue weighted by Crippen LogP contribution is -2.81. The van der Waals surface area contributed by atoms with E-state index in [2.05, 4.69) is 55.4 Å². The molecule has 278 valence electrons.